The van der Waals surface area contributed by atoms with E-state index in [0.717, 1.165) is 11.1 Å². The van der Waals surface area contributed by atoms with Gasteiger partial charge < -0.3 is 10.8 Å². The topological polar surface area (TPSA) is 63.3 Å². The van der Waals surface area contributed by atoms with E-state index in [4.69, 9.17) is 34.0 Å². The summed E-state index contributed by atoms with van der Waals surface area (Å²) in [5, 5.41) is 9.93. The summed E-state index contributed by atoms with van der Waals surface area (Å²) in [4.78, 5) is 10.8. The summed E-state index contributed by atoms with van der Waals surface area (Å²) in [5.41, 5.74) is 7.84. The number of benzene rings is 2. The molecule has 98 valence electrons. The predicted molar refractivity (Wildman–Crippen MR) is 76.5 cm³/mol. The summed E-state index contributed by atoms with van der Waals surface area (Å²) in [5.74, 6) is -1.06. The average molecular weight is 296 g/mol. The first-order valence-electron chi connectivity index (χ1n) is 5.52. The van der Waals surface area contributed by atoms with Crippen LogP contribution in [0.4, 0.5) is 0 Å². The van der Waals surface area contributed by atoms with Crippen LogP contribution in [0.25, 0.3) is 11.1 Å². The Hall–Kier alpha value is -1.55. The van der Waals surface area contributed by atoms with Gasteiger partial charge in [0.15, 0.2) is 0 Å². The first-order chi connectivity index (χ1) is 8.97. The van der Waals surface area contributed by atoms with Crippen molar-refractivity contribution in [3.05, 3.63) is 58.1 Å². The van der Waals surface area contributed by atoms with E-state index in [1.54, 1.807) is 42.5 Å². The number of carbonyl (C=O) groups is 1. The normalized spacial score (nSPS) is 12.2. The molecule has 0 aliphatic rings. The fourth-order valence-electron chi connectivity index (χ4n) is 1.75. The molecule has 5 heteroatoms. The maximum atomic E-state index is 10.8. The van der Waals surface area contributed by atoms with Crippen molar-refractivity contribution in [3.63, 3.8) is 0 Å². The molecule has 0 amide bonds. The highest BCUT2D eigenvalue weighted by Crippen LogP contribution is 2.28. The minimum absolute atomic E-state index is 0.546. The van der Waals surface area contributed by atoms with Crippen molar-refractivity contribution in [2.45, 2.75) is 6.04 Å². The Morgan fingerprint density at radius 3 is 2.00 bits per heavy atom. The number of aliphatic carboxylic acids is 1. The van der Waals surface area contributed by atoms with Gasteiger partial charge in [-0.15, -0.1) is 0 Å². The van der Waals surface area contributed by atoms with E-state index < -0.39 is 12.0 Å². The molecule has 0 bridgehead atoms. The Bertz CT molecular complexity index is 591. The van der Waals surface area contributed by atoms with Gasteiger partial charge in [-0.25, -0.2) is 0 Å². The highest BCUT2D eigenvalue weighted by Gasteiger charge is 2.13. The maximum Gasteiger partial charge on any atom is 0.325 e. The number of hydrogen-bond donors (Lipinski definition) is 2. The second-order valence-corrected chi connectivity index (χ2v) is 4.97. The molecule has 0 fully saturated rings. The van der Waals surface area contributed by atoms with E-state index in [1.165, 1.54) is 0 Å². The number of carboxylic acid groups (broad SMARTS) is 1. The van der Waals surface area contributed by atoms with Gasteiger partial charge >= 0.3 is 5.97 Å². The Morgan fingerprint density at radius 2 is 1.53 bits per heavy atom. The van der Waals surface area contributed by atoms with Gasteiger partial charge in [0.1, 0.15) is 6.04 Å². The van der Waals surface area contributed by atoms with E-state index in [-0.39, 0.29) is 0 Å². The number of halogens is 2. The Kier molecular flexibility index (Phi) is 4.10. The molecule has 0 aliphatic heterocycles. The van der Waals surface area contributed by atoms with Crippen LogP contribution in [0.3, 0.4) is 0 Å². The van der Waals surface area contributed by atoms with Crippen molar-refractivity contribution in [1.82, 2.24) is 0 Å². The van der Waals surface area contributed by atoms with Crippen LogP contribution in [0.5, 0.6) is 0 Å². The van der Waals surface area contributed by atoms with Crippen molar-refractivity contribution in [2.75, 3.05) is 0 Å². The minimum Gasteiger partial charge on any atom is -0.480 e. The van der Waals surface area contributed by atoms with Crippen molar-refractivity contribution in [2.24, 2.45) is 5.73 Å². The van der Waals surface area contributed by atoms with Crippen molar-refractivity contribution in [3.8, 4) is 11.1 Å². The maximum absolute atomic E-state index is 10.8. The van der Waals surface area contributed by atoms with Gasteiger partial charge in [0.05, 0.1) is 0 Å². The second kappa shape index (κ2) is 5.61. The quantitative estimate of drug-likeness (QED) is 0.906. The lowest BCUT2D eigenvalue weighted by Gasteiger charge is -2.08. The third kappa shape index (κ3) is 3.26. The average Bonchev–Trinajstić information content (AvgIpc) is 2.37. The summed E-state index contributed by atoms with van der Waals surface area (Å²) >= 11 is 11.9. The molecule has 1 atom stereocenters. The summed E-state index contributed by atoms with van der Waals surface area (Å²) < 4.78 is 0. The van der Waals surface area contributed by atoms with Crippen molar-refractivity contribution in [1.29, 1.82) is 0 Å². The van der Waals surface area contributed by atoms with E-state index in [2.05, 4.69) is 0 Å². The van der Waals surface area contributed by atoms with Crippen LogP contribution in [0.15, 0.2) is 42.5 Å². The molecule has 0 radical (unpaired) electrons. The molecule has 19 heavy (non-hydrogen) atoms. The largest absolute Gasteiger partial charge is 0.480 e. The number of rotatable bonds is 3. The number of nitrogens with two attached hydrogens (primary N) is 1. The highest BCUT2D eigenvalue weighted by molar-refractivity contribution is 6.35. The van der Waals surface area contributed by atoms with Crippen molar-refractivity contribution >= 4 is 29.2 Å². The fourth-order valence-corrected chi connectivity index (χ4v) is 2.27. The molecule has 0 saturated carbocycles. The molecular formula is C14H11Cl2NO2. The monoisotopic (exact) mass is 295 g/mol. The second-order valence-electron chi connectivity index (χ2n) is 4.10. The van der Waals surface area contributed by atoms with Gasteiger partial charge in [0.25, 0.3) is 0 Å². The SMILES string of the molecule is N[C@H](C(=O)O)c1ccc(-c2cc(Cl)cc(Cl)c2)cc1. The summed E-state index contributed by atoms with van der Waals surface area (Å²) in [6.45, 7) is 0. The van der Waals surface area contributed by atoms with Crippen LogP contribution >= 0.6 is 23.2 Å². The van der Waals surface area contributed by atoms with Crippen LogP contribution in [-0.4, -0.2) is 11.1 Å². The van der Waals surface area contributed by atoms with Gasteiger partial charge in [-0.05, 0) is 34.9 Å². The van der Waals surface area contributed by atoms with Crippen LogP contribution in [-0.2, 0) is 4.79 Å². The number of carboxylic acids is 1. The Labute approximate surface area is 120 Å². The zero-order valence-electron chi connectivity index (χ0n) is 9.81. The lowest BCUT2D eigenvalue weighted by atomic mass is 10.0. The van der Waals surface area contributed by atoms with Crippen LogP contribution in [0.1, 0.15) is 11.6 Å². The van der Waals surface area contributed by atoms with Gasteiger partial charge in [0, 0.05) is 10.0 Å². The molecule has 2 aromatic carbocycles. The molecule has 0 spiro atoms. The lowest BCUT2D eigenvalue weighted by molar-refractivity contribution is -0.138. The van der Waals surface area contributed by atoms with Gasteiger partial charge in [-0.3, -0.25) is 4.79 Å². The summed E-state index contributed by atoms with van der Waals surface area (Å²) in [7, 11) is 0. The first-order valence-corrected chi connectivity index (χ1v) is 6.28. The number of hydrogen-bond acceptors (Lipinski definition) is 2. The van der Waals surface area contributed by atoms with E-state index in [0.29, 0.717) is 15.6 Å². The fraction of sp³-hybridized carbons (Fsp3) is 0.0714. The zero-order valence-corrected chi connectivity index (χ0v) is 11.3. The molecule has 2 rings (SSSR count). The molecule has 0 aliphatic carbocycles. The minimum atomic E-state index is -1.06. The zero-order chi connectivity index (χ0) is 14.0. The highest BCUT2D eigenvalue weighted by atomic mass is 35.5. The first kappa shape index (κ1) is 13.9. The smallest absolute Gasteiger partial charge is 0.325 e. The molecular weight excluding hydrogens is 285 g/mol. The van der Waals surface area contributed by atoms with Crippen LogP contribution in [0, 0.1) is 0 Å². The van der Waals surface area contributed by atoms with Gasteiger partial charge in [0.2, 0.25) is 0 Å². The molecule has 0 unspecified atom stereocenters. The lowest BCUT2D eigenvalue weighted by Crippen LogP contribution is -2.20. The van der Waals surface area contributed by atoms with Gasteiger partial charge in [-0.1, -0.05) is 47.5 Å². The Morgan fingerprint density at radius 1 is 1.00 bits per heavy atom. The van der Waals surface area contributed by atoms with Crippen molar-refractivity contribution < 1.29 is 9.90 Å². The molecule has 2 aromatic rings. The van der Waals surface area contributed by atoms with Crippen LogP contribution < -0.4 is 5.73 Å². The third-order valence-corrected chi connectivity index (χ3v) is 3.17. The van der Waals surface area contributed by atoms with E-state index >= 15 is 0 Å². The third-order valence-electron chi connectivity index (χ3n) is 2.73. The van der Waals surface area contributed by atoms with E-state index in [1.807, 2.05) is 0 Å². The van der Waals surface area contributed by atoms with E-state index in [9.17, 15) is 4.79 Å². The molecule has 0 heterocycles. The predicted octanol–water partition coefficient (Wildman–Crippen LogP) is 3.74. The molecule has 0 aromatic heterocycles. The molecule has 0 saturated heterocycles. The summed E-state index contributed by atoms with van der Waals surface area (Å²) in [6.07, 6.45) is 0. The Balaban J connectivity index is 2.34. The summed E-state index contributed by atoms with van der Waals surface area (Å²) in [6, 6.07) is 11.2. The molecule has 3 nitrogen and oxygen atoms in total. The molecule has 3 N–H and O–H groups in total. The standard InChI is InChI=1S/C14H11Cl2NO2/c15-11-5-10(6-12(16)7-11)8-1-3-9(4-2-8)13(17)14(18)19/h1-7,13H,17H2,(H,18,19)/t13-/m0/s1. The van der Waals surface area contributed by atoms with Crippen LogP contribution in [0.2, 0.25) is 10.0 Å². The van der Waals surface area contributed by atoms with Gasteiger partial charge in [-0.2, -0.15) is 0 Å².